The van der Waals surface area contributed by atoms with Gasteiger partial charge in [0.1, 0.15) is 4.64 Å². The van der Waals surface area contributed by atoms with Crippen molar-refractivity contribution >= 4 is 12.2 Å². The number of H-pyrrole nitrogens is 1. The number of aromatic amines is 1. The first-order valence-corrected chi connectivity index (χ1v) is 5.91. The SMILES string of the molecule is CCc1cc(=S)n(-c2ccc(C)cc2C)[nH]1. The largest absolute Gasteiger partial charge is 0.297 e. The first-order chi connectivity index (χ1) is 7.61. The maximum Gasteiger partial charge on any atom is 0.127 e. The number of nitrogens with zero attached hydrogens (tertiary/aromatic N) is 1. The highest BCUT2D eigenvalue weighted by molar-refractivity contribution is 7.71. The minimum absolute atomic E-state index is 0.837. The molecule has 1 aromatic carbocycles. The van der Waals surface area contributed by atoms with Crippen molar-refractivity contribution in [2.24, 2.45) is 0 Å². The molecule has 0 aliphatic rings. The topological polar surface area (TPSA) is 20.7 Å². The van der Waals surface area contributed by atoms with Crippen LogP contribution in [0.5, 0.6) is 0 Å². The minimum atomic E-state index is 0.837. The molecular formula is C13H16N2S. The lowest BCUT2D eigenvalue weighted by Crippen LogP contribution is -2.00. The van der Waals surface area contributed by atoms with Gasteiger partial charge >= 0.3 is 0 Å². The zero-order valence-electron chi connectivity index (χ0n) is 9.87. The molecule has 0 spiro atoms. The van der Waals surface area contributed by atoms with Crippen molar-refractivity contribution in [2.45, 2.75) is 27.2 Å². The van der Waals surface area contributed by atoms with Gasteiger partial charge in [-0.3, -0.25) is 5.10 Å². The average Bonchev–Trinajstić information content (AvgIpc) is 2.60. The fourth-order valence-corrected chi connectivity index (χ4v) is 2.15. The van der Waals surface area contributed by atoms with Gasteiger partial charge in [-0.05, 0) is 38.0 Å². The Labute approximate surface area is 101 Å². The lowest BCUT2D eigenvalue weighted by molar-refractivity contribution is 0.827. The van der Waals surface area contributed by atoms with Gasteiger partial charge in [-0.2, -0.15) is 0 Å². The van der Waals surface area contributed by atoms with E-state index in [1.807, 2.05) is 10.7 Å². The summed E-state index contributed by atoms with van der Waals surface area (Å²) in [5.74, 6) is 0. The van der Waals surface area contributed by atoms with E-state index < -0.39 is 0 Å². The number of hydrogen-bond acceptors (Lipinski definition) is 1. The van der Waals surface area contributed by atoms with Crippen LogP contribution in [0.15, 0.2) is 24.3 Å². The van der Waals surface area contributed by atoms with Gasteiger partial charge in [-0.1, -0.05) is 36.8 Å². The van der Waals surface area contributed by atoms with Crippen LogP contribution in [-0.2, 0) is 6.42 Å². The number of rotatable bonds is 2. The molecular weight excluding hydrogens is 216 g/mol. The van der Waals surface area contributed by atoms with Crippen molar-refractivity contribution in [3.63, 3.8) is 0 Å². The van der Waals surface area contributed by atoms with E-state index in [4.69, 9.17) is 12.2 Å². The molecule has 2 nitrogen and oxygen atoms in total. The molecule has 0 atom stereocenters. The molecule has 2 rings (SSSR count). The zero-order chi connectivity index (χ0) is 11.7. The Morgan fingerprint density at radius 3 is 2.56 bits per heavy atom. The predicted molar refractivity (Wildman–Crippen MR) is 69.8 cm³/mol. The lowest BCUT2D eigenvalue weighted by Gasteiger charge is -2.07. The number of hydrogen-bond donors (Lipinski definition) is 1. The van der Waals surface area contributed by atoms with E-state index in [9.17, 15) is 0 Å². The molecule has 2 aromatic rings. The molecule has 16 heavy (non-hydrogen) atoms. The van der Waals surface area contributed by atoms with Crippen LogP contribution in [0.2, 0.25) is 0 Å². The second-order valence-electron chi connectivity index (χ2n) is 4.10. The zero-order valence-corrected chi connectivity index (χ0v) is 10.7. The molecule has 0 bridgehead atoms. The summed E-state index contributed by atoms with van der Waals surface area (Å²) in [6, 6.07) is 8.41. The van der Waals surface area contributed by atoms with Gasteiger partial charge in [0, 0.05) is 5.69 Å². The second kappa shape index (κ2) is 4.26. The van der Waals surface area contributed by atoms with Crippen molar-refractivity contribution in [3.8, 4) is 5.69 Å². The van der Waals surface area contributed by atoms with E-state index in [0.717, 1.165) is 16.7 Å². The summed E-state index contributed by atoms with van der Waals surface area (Å²) >= 11 is 5.35. The van der Waals surface area contributed by atoms with Crippen molar-refractivity contribution in [1.29, 1.82) is 0 Å². The van der Waals surface area contributed by atoms with Crippen LogP contribution in [0.25, 0.3) is 5.69 Å². The van der Waals surface area contributed by atoms with E-state index in [1.54, 1.807) is 0 Å². The van der Waals surface area contributed by atoms with Crippen LogP contribution in [0.4, 0.5) is 0 Å². The summed E-state index contributed by atoms with van der Waals surface area (Å²) in [4.78, 5) is 0. The van der Waals surface area contributed by atoms with Crippen molar-refractivity contribution in [2.75, 3.05) is 0 Å². The van der Waals surface area contributed by atoms with Crippen molar-refractivity contribution < 1.29 is 0 Å². The van der Waals surface area contributed by atoms with Gasteiger partial charge in [-0.15, -0.1) is 0 Å². The first kappa shape index (κ1) is 11.1. The molecule has 0 fully saturated rings. The van der Waals surface area contributed by atoms with Gasteiger partial charge in [0.15, 0.2) is 0 Å². The molecule has 84 valence electrons. The quantitative estimate of drug-likeness (QED) is 0.783. The number of aryl methyl sites for hydroxylation is 3. The summed E-state index contributed by atoms with van der Waals surface area (Å²) in [6.07, 6.45) is 0.974. The average molecular weight is 232 g/mol. The predicted octanol–water partition coefficient (Wildman–Crippen LogP) is 3.71. The standard InChI is InChI=1S/C13H16N2S/c1-4-11-8-13(16)15(14-11)12-6-5-9(2)7-10(12)3/h5-8,14H,4H2,1-3H3. The molecule has 0 unspecified atom stereocenters. The van der Waals surface area contributed by atoms with E-state index in [1.165, 1.54) is 16.8 Å². The van der Waals surface area contributed by atoms with E-state index in [2.05, 4.69) is 44.1 Å². The molecule has 0 aliphatic carbocycles. The minimum Gasteiger partial charge on any atom is -0.297 e. The van der Waals surface area contributed by atoms with Gasteiger partial charge in [0.25, 0.3) is 0 Å². The second-order valence-corrected chi connectivity index (χ2v) is 4.52. The first-order valence-electron chi connectivity index (χ1n) is 5.50. The number of benzene rings is 1. The van der Waals surface area contributed by atoms with Crippen LogP contribution >= 0.6 is 12.2 Å². The van der Waals surface area contributed by atoms with Crippen molar-refractivity contribution in [1.82, 2.24) is 9.78 Å². The Morgan fingerprint density at radius 1 is 1.25 bits per heavy atom. The summed E-state index contributed by atoms with van der Waals surface area (Å²) in [5, 5.41) is 3.32. The van der Waals surface area contributed by atoms with Gasteiger partial charge in [-0.25, -0.2) is 4.68 Å². The maximum atomic E-state index is 5.35. The lowest BCUT2D eigenvalue weighted by atomic mass is 10.1. The van der Waals surface area contributed by atoms with Crippen LogP contribution in [0.1, 0.15) is 23.7 Å². The third kappa shape index (κ3) is 1.95. The fourth-order valence-electron chi connectivity index (χ4n) is 1.86. The molecule has 0 saturated carbocycles. The highest BCUT2D eigenvalue weighted by atomic mass is 32.1. The van der Waals surface area contributed by atoms with E-state index in [0.29, 0.717) is 0 Å². The highest BCUT2D eigenvalue weighted by Gasteiger charge is 2.04. The summed E-state index contributed by atoms with van der Waals surface area (Å²) < 4.78 is 2.81. The van der Waals surface area contributed by atoms with Crippen LogP contribution in [-0.4, -0.2) is 9.78 Å². The maximum absolute atomic E-state index is 5.35. The molecule has 1 heterocycles. The monoisotopic (exact) mass is 232 g/mol. The molecule has 0 aliphatic heterocycles. The van der Waals surface area contributed by atoms with Crippen LogP contribution < -0.4 is 0 Å². The van der Waals surface area contributed by atoms with Gasteiger partial charge in [0.2, 0.25) is 0 Å². The van der Waals surface area contributed by atoms with Gasteiger partial charge < -0.3 is 0 Å². The number of nitrogens with one attached hydrogen (secondary N) is 1. The third-order valence-corrected chi connectivity index (χ3v) is 3.05. The smallest absolute Gasteiger partial charge is 0.127 e. The Hall–Kier alpha value is -1.35. The normalized spacial score (nSPS) is 10.7. The highest BCUT2D eigenvalue weighted by Crippen LogP contribution is 2.16. The van der Waals surface area contributed by atoms with Crippen LogP contribution in [0.3, 0.4) is 0 Å². The summed E-state index contributed by atoms with van der Waals surface area (Å²) in [5.41, 5.74) is 4.82. The fraction of sp³-hybridized carbons (Fsp3) is 0.308. The summed E-state index contributed by atoms with van der Waals surface area (Å²) in [7, 11) is 0. The Morgan fingerprint density at radius 2 is 2.00 bits per heavy atom. The molecule has 0 saturated heterocycles. The Bertz CT molecular complexity index is 564. The van der Waals surface area contributed by atoms with Gasteiger partial charge in [0.05, 0.1) is 5.69 Å². The molecule has 0 radical (unpaired) electrons. The molecule has 3 heteroatoms. The van der Waals surface area contributed by atoms with Crippen LogP contribution in [0, 0.1) is 18.5 Å². The Kier molecular flexibility index (Phi) is 2.97. The molecule has 1 N–H and O–H groups in total. The summed E-state index contributed by atoms with van der Waals surface area (Å²) in [6.45, 7) is 6.33. The molecule has 0 amide bonds. The Balaban J connectivity index is 2.58. The van der Waals surface area contributed by atoms with Crippen molar-refractivity contribution in [3.05, 3.63) is 45.7 Å². The third-order valence-electron chi connectivity index (χ3n) is 2.75. The van der Waals surface area contributed by atoms with E-state index >= 15 is 0 Å². The molecule has 1 aromatic heterocycles. The number of aromatic nitrogens is 2. The van der Waals surface area contributed by atoms with E-state index in [-0.39, 0.29) is 0 Å².